The third-order valence-electron chi connectivity index (χ3n) is 2.58. The maximum atomic E-state index is 4.39. The number of aromatic nitrogens is 1. The number of hydrogen-bond acceptors (Lipinski definition) is 1. The maximum absolute atomic E-state index is 4.39. The van der Waals surface area contributed by atoms with E-state index in [9.17, 15) is 0 Å². The van der Waals surface area contributed by atoms with Crippen molar-refractivity contribution in [3.8, 4) is 11.3 Å². The van der Waals surface area contributed by atoms with Gasteiger partial charge in [0.1, 0.15) is 0 Å². The molecule has 0 aliphatic heterocycles. The van der Waals surface area contributed by atoms with Crippen LogP contribution in [0.2, 0.25) is 0 Å². The Morgan fingerprint density at radius 2 is 1.70 bits per heavy atom. The fourth-order valence-electron chi connectivity index (χ4n) is 1.79. The normalized spacial score (nSPS) is 8.90. The van der Waals surface area contributed by atoms with Gasteiger partial charge in [-0.2, -0.15) is 0 Å². The van der Waals surface area contributed by atoms with Gasteiger partial charge < -0.3 is 0 Å². The lowest BCUT2D eigenvalue weighted by atomic mass is 10.00. The Kier molecular flexibility index (Phi) is 10.9. The smallest absolute Gasteiger partial charge is 0.0704 e. The summed E-state index contributed by atoms with van der Waals surface area (Å²) in [5.41, 5.74) is 5.00. The minimum Gasteiger partial charge on any atom is -0.256 e. The fraction of sp³-hybridized carbons (Fsp3) is 0.389. The quantitative estimate of drug-likeness (QED) is 0.659. The van der Waals surface area contributed by atoms with Crippen LogP contribution < -0.4 is 0 Å². The zero-order chi connectivity index (χ0) is 15.4. The van der Waals surface area contributed by atoms with Gasteiger partial charge >= 0.3 is 0 Å². The lowest BCUT2D eigenvalue weighted by Gasteiger charge is -2.07. The van der Waals surface area contributed by atoms with Crippen molar-refractivity contribution < 1.29 is 0 Å². The molecule has 2 rings (SSSR count). The number of aryl methyl sites for hydroxylation is 2. The molecule has 0 aliphatic rings. The van der Waals surface area contributed by atoms with Gasteiger partial charge in [-0.25, -0.2) is 0 Å². The summed E-state index contributed by atoms with van der Waals surface area (Å²) in [6, 6.07) is 12.6. The Bertz CT molecular complexity index is 466. The van der Waals surface area contributed by atoms with Crippen LogP contribution in [0, 0.1) is 6.92 Å². The first-order valence-electron chi connectivity index (χ1n) is 7.32. The van der Waals surface area contributed by atoms with Gasteiger partial charge in [-0.15, -0.1) is 8.58 Å². The van der Waals surface area contributed by atoms with Crippen molar-refractivity contribution in [3.63, 3.8) is 0 Å². The molecule has 1 heterocycles. The lowest BCUT2D eigenvalue weighted by Crippen LogP contribution is -1.90. The number of rotatable bonds is 2. The summed E-state index contributed by atoms with van der Waals surface area (Å²) in [5, 5.41) is 0. The third kappa shape index (κ3) is 6.30. The van der Waals surface area contributed by atoms with E-state index in [1.165, 1.54) is 16.7 Å². The maximum Gasteiger partial charge on any atom is 0.0704 e. The number of benzene rings is 1. The van der Waals surface area contributed by atoms with Crippen LogP contribution in [-0.4, -0.2) is 18.3 Å². The van der Waals surface area contributed by atoms with Crippen molar-refractivity contribution in [2.45, 2.75) is 34.1 Å². The van der Waals surface area contributed by atoms with Crippen molar-refractivity contribution >= 4 is 8.58 Å². The summed E-state index contributed by atoms with van der Waals surface area (Å²) >= 11 is 0. The predicted octanol–water partition coefficient (Wildman–Crippen LogP) is 5.57. The molecule has 1 aromatic heterocycles. The van der Waals surface area contributed by atoms with Gasteiger partial charge in [0.2, 0.25) is 0 Å². The molecular weight excluding hydrogens is 261 g/mol. The molecule has 2 heteroatoms. The second-order valence-electron chi connectivity index (χ2n) is 4.23. The fourth-order valence-corrected chi connectivity index (χ4v) is 1.79. The average Bonchev–Trinajstić information content (AvgIpc) is 2.51. The van der Waals surface area contributed by atoms with E-state index >= 15 is 0 Å². The second-order valence-corrected chi connectivity index (χ2v) is 5.23. The summed E-state index contributed by atoms with van der Waals surface area (Å²) in [6.07, 6.45) is 2.89. The first kappa shape index (κ1) is 18.8. The highest BCUT2D eigenvalue weighted by molar-refractivity contribution is 7.35. The Morgan fingerprint density at radius 1 is 1.05 bits per heavy atom. The second kappa shape index (κ2) is 11.6. The van der Waals surface area contributed by atoms with Gasteiger partial charge in [0, 0.05) is 11.8 Å². The van der Waals surface area contributed by atoms with Crippen molar-refractivity contribution in [1.82, 2.24) is 4.98 Å². The van der Waals surface area contributed by atoms with Gasteiger partial charge in [-0.3, -0.25) is 4.98 Å². The molecule has 0 bridgehead atoms. The molecule has 0 saturated carbocycles. The molecule has 0 unspecified atom stereocenters. The molecule has 0 fully saturated rings. The lowest BCUT2D eigenvalue weighted by molar-refractivity contribution is 1.13. The zero-order valence-electron chi connectivity index (χ0n) is 13.7. The van der Waals surface area contributed by atoms with Crippen LogP contribution in [-0.2, 0) is 6.42 Å². The first-order valence-corrected chi connectivity index (χ1v) is 9.32. The molecule has 2 aromatic rings. The van der Waals surface area contributed by atoms with E-state index in [-0.39, 0.29) is 0 Å². The standard InChI is InChI=1S/C14H15N.C2H7P.C2H6/c1-3-12-10-11(2)7-8-13(12)14-6-4-5-9-15-14;1-3-2;1-2/h4-10H,3H2,1-2H3;3H,1-2H3;1-2H3. The summed E-state index contributed by atoms with van der Waals surface area (Å²) in [6.45, 7) is 12.6. The monoisotopic (exact) mass is 289 g/mol. The van der Waals surface area contributed by atoms with E-state index in [0.29, 0.717) is 0 Å². The molecule has 0 N–H and O–H groups in total. The van der Waals surface area contributed by atoms with Gasteiger partial charge in [0.15, 0.2) is 0 Å². The molecule has 0 spiro atoms. The van der Waals surface area contributed by atoms with Crippen molar-refractivity contribution in [2.24, 2.45) is 0 Å². The van der Waals surface area contributed by atoms with Gasteiger partial charge in [-0.05, 0) is 44.4 Å². The van der Waals surface area contributed by atoms with E-state index in [1.54, 1.807) is 0 Å². The minimum atomic E-state index is 1.05. The van der Waals surface area contributed by atoms with Gasteiger partial charge in [-0.1, -0.05) is 50.6 Å². The van der Waals surface area contributed by atoms with Crippen LogP contribution in [0.1, 0.15) is 31.9 Å². The average molecular weight is 289 g/mol. The molecule has 20 heavy (non-hydrogen) atoms. The Balaban J connectivity index is 0.000000641. The van der Waals surface area contributed by atoms with Crippen molar-refractivity contribution in [3.05, 3.63) is 53.7 Å². The van der Waals surface area contributed by atoms with E-state index in [4.69, 9.17) is 0 Å². The molecule has 0 aliphatic carbocycles. The van der Waals surface area contributed by atoms with Crippen molar-refractivity contribution in [2.75, 3.05) is 13.3 Å². The molecular formula is C18H28NP. The van der Waals surface area contributed by atoms with Crippen LogP contribution in [0.25, 0.3) is 11.3 Å². The number of pyridine rings is 1. The van der Waals surface area contributed by atoms with E-state index in [2.05, 4.69) is 56.4 Å². The molecule has 110 valence electrons. The summed E-state index contributed by atoms with van der Waals surface area (Å²) < 4.78 is 0. The van der Waals surface area contributed by atoms with Crippen LogP contribution in [0.15, 0.2) is 42.6 Å². The highest BCUT2D eigenvalue weighted by Gasteiger charge is 2.03. The molecule has 1 nitrogen and oxygen atoms in total. The van der Waals surface area contributed by atoms with Crippen LogP contribution in [0.5, 0.6) is 0 Å². The van der Waals surface area contributed by atoms with Crippen LogP contribution >= 0.6 is 8.58 Å². The molecule has 0 atom stereocenters. The molecule has 0 saturated heterocycles. The van der Waals surface area contributed by atoms with Crippen molar-refractivity contribution in [1.29, 1.82) is 0 Å². The van der Waals surface area contributed by atoms with E-state index in [0.717, 1.165) is 20.7 Å². The first-order chi connectivity index (χ1) is 9.72. The summed E-state index contributed by atoms with van der Waals surface area (Å²) in [5.74, 6) is 0. The largest absolute Gasteiger partial charge is 0.256 e. The Morgan fingerprint density at radius 3 is 2.20 bits per heavy atom. The molecule has 0 radical (unpaired) electrons. The van der Waals surface area contributed by atoms with Gasteiger partial charge in [0.05, 0.1) is 5.69 Å². The summed E-state index contributed by atoms with van der Waals surface area (Å²) in [7, 11) is 1.08. The Labute approximate surface area is 126 Å². The van der Waals surface area contributed by atoms with E-state index in [1.807, 2.05) is 32.2 Å². The van der Waals surface area contributed by atoms with E-state index < -0.39 is 0 Å². The number of hydrogen-bond donors (Lipinski definition) is 0. The van der Waals surface area contributed by atoms with Gasteiger partial charge in [0.25, 0.3) is 0 Å². The Hall–Kier alpha value is -1.20. The minimum absolute atomic E-state index is 1.05. The number of nitrogens with zero attached hydrogens (tertiary/aromatic N) is 1. The highest BCUT2D eigenvalue weighted by Crippen LogP contribution is 2.22. The molecule has 1 aromatic carbocycles. The third-order valence-corrected chi connectivity index (χ3v) is 2.58. The predicted molar refractivity (Wildman–Crippen MR) is 95.3 cm³/mol. The van der Waals surface area contributed by atoms with Crippen LogP contribution in [0.4, 0.5) is 0 Å². The summed E-state index contributed by atoms with van der Waals surface area (Å²) in [4.78, 5) is 4.39. The topological polar surface area (TPSA) is 12.9 Å². The zero-order valence-corrected chi connectivity index (χ0v) is 14.7. The van der Waals surface area contributed by atoms with Crippen LogP contribution in [0.3, 0.4) is 0 Å². The highest BCUT2D eigenvalue weighted by atomic mass is 31.1. The molecule has 0 amide bonds. The SMILES string of the molecule is CC.CCc1cc(C)ccc1-c1ccccn1.CPC.